The zero-order valence-corrected chi connectivity index (χ0v) is 13.1. The Balaban J connectivity index is 1.90. The van der Waals surface area contributed by atoms with Crippen LogP contribution < -0.4 is 5.32 Å². The van der Waals surface area contributed by atoms with Crippen LogP contribution in [0, 0.1) is 0 Å². The SMILES string of the molecule is O=C(O)CSCCNC(=O)c1ccc(-c2ccccc2Cl)o1. The van der Waals surface area contributed by atoms with Gasteiger partial charge in [-0.25, -0.2) is 0 Å². The zero-order chi connectivity index (χ0) is 15.9. The van der Waals surface area contributed by atoms with Gasteiger partial charge in [0.25, 0.3) is 5.91 Å². The van der Waals surface area contributed by atoms with Crippen LogP contribution in [0.1, 0.15) is 10.6 Å². The van der Waals surface area contributed by atoms with Crippen LogP contribution >= 0.6 is 23.4 Å². The first-order valence-corrected chi connectivity index (χ1v) is 8.03. The Labute approximate surface area is 136 Å². The summed E-state index contributed by atoms with van der Waals surface area (Å²) in [4.78, 5) is 22.3. The van der Waals surface area contributed by atoms with E-state index in [-0.39, 0.29) is 17.4 Å². The van der Waals surface area contributed by atoms with Crippen molar-refractivity contribution in [1.82, 2.24) is 5.32 Å². The second-order valence-electron chi connectivity index (χ2n) is 4.35. The predicted molar refractivity (Wildman–Crippen MR) is 86.4 cm³/mol. The minimum Gasteiger partial charge on any atom is -0.481 e. The molecule has 0 fully saturated rings. The van der Waals surface area contributed by atoms with E-state index >= 15 is 0 Å². The van der Waals surface area contributed by atoms with E-state index in [1.807, 2.05) is 18.2 Å². The van der Waals surface area contributed by atoms with Crippen molar-refractivity contribution in [2.24, 2.45) is 0 Å². The Kier molecular flexibility index (Phi) is 5.91. The number of carboxylic acid groups (broad SMARTS) is 1. The van der Waals surface area contributed by atoms with Crippen LogP contribution in [0.5, 0.6) is 0 Å². The first-order valence-electron chi connectivity index (χ1n) is 6.50. The van der Waals surface area contributed by atoms with Crippen LogP contribution in [-0.4, -0.2) is 35.0 Å². The molecule has 0 aliphatic rings. The number of amides is 1. The molecule has 116 valence electrons. The zero-order valence-electron chi connectivity index (χ0n) is 11.5. The van der Waals surface area contributed by atoms with Gasteiger partial charge in [0.15, 0.2) is 5.76 Å². The van der Waals surface area contributed by atoms with E-state index in [1.165, 1.54) is 11.8 Å². The molecule has 1 amide bonds. The van der Waals surface area contributed by atoms with Gasteiger partial charge in [-0.05, 0) is 24.3 Å². The minimum atomic E-state index is -0.869. The molecule has 1 aromatic carbocycles. The maximum absolute atomic E-state index is 11.9. The molecule has 7 heteroatoms. The van der Waals surface area contributed by atoms with Gasteiger partial charge in [-0.3, -0.25) is 9.59 Å². The van der Waals surface area contributed by atoms with Gasteiger partial charge in [-0.1, -0.05) is 23.7 Å². The molecular weight excluding hydrogens is 326 g/mol. The van der Waals surface area contributed by atoms with Gasteiger partial charge in [-0.15, -0.1) is 11.8 Å². The number of rotatable bonds is 7. The van der Waals surface area contributed by atoms with Gasteiger partial charge in [0.05, 0.1) is 10.8 Å². The number of thioether (sulfide) groups is 1. The molecule has 0 aliphatic carbocycles. The van der Waals surface area contributed by atoms with Gasteiger partial charge in [0.1, 0.15) is 5.76 Å². The highest BCUT2D eigenvalue weighted by molar-refractivity contribution is 7.99. The highest BCUT2D eigenvalue weighted by atomic mass is 35.5. The monoisotopic (exact) mass is 339 g/mol. The van der Waals surface area contributed by atoms with E-state index in [0.717, 1.165) is 5.56 Å². The molecular formula is C15H14ClNO4S. The average Bonchev–Trinajstić information content (AvgIpc) is 2.96. The molecule has 2 N–H and O–H groups in total. The number of nitrogens with one attached hydrogen (secondary N) is 1. The van der Waals surface area contributed by atoms with Crippen LogP contribution in [0.3, 0.4) is 0 Å². The third kappa shape index (κ3) is 4.54. The molecule has 1 aromatic heterocycles. The van der Waals surface area contributed by atoms with Crippen LogP contribution in [0.15, 0.2) is 40.8 Å². The number of furan rings is 1. The summed E-state index contributed by atoms with van der Waals surface area (Å²) in [5.41, 5.74) is 0.722. The lowest BCUT2D eigenvalue weighted by atomic mass is 10.2. The molecule has 0 unspecified atom stereocenters. The van der Waals surface area contributed by atoms with E-state index in [2.05, 4.69) is 5.32 Å². The lowest BCUT2D eigenvalue weighted by Gasteiger charge is -2.02. The fraction of sp³-hybridized carbons (Fsp3) is 0.200. The van der Waals surface area contributed by atoms with Crippen molar-refractivity contribution in [2.75, 3.05) is 18.1 Å². The molecule has 0 atom stereocenters. The molecule has 0 spiro atoms. The first kappa shape index (κ1) is 16.5. The van der Waals surface area contributed by atoms with E-state index < -0.39 is 5.97 Å². The molecule has 2 rings (SSSR count). The van der Waals surface area contributed by atoms with Gasteiger partial charge in [-0.2, -0.15) is 0 Å². The van der Waals surface area contributed by atoms with Crippen LogP contribution in [0.2, 0.25) is 5.02 Å². The van der Waals surface area contributed by atoms with Crippen molar-refractivity contribution in [3.63, 3.8) is 0 Å². The summed E-state index contributed by atoms with van der Waals surface area (Å²) >= 11 is 7.32. The van der Waals surface area contributed by atoms with E-state index in [1.54, 1.807) is 18.2 Å². The predicted octanol–water partition coefficient (Wildman–Crippen LogP) is 3.15. The van der Waals surface area contributed by atoms with Crippen molar-refractivity contribution in [3.8, 4) is 11.3 Å². The lowest BCUT2D eigenvalue weighted by Crippen LogP contribution is -2.25. The van der Waals surface area contributed by atoms with E-state index in [9.17, 15) is 9.59 Å². The second-order valence-corrected chi connectivity index (χ2v) is 5.86. The Morgan fingerprint density at radius 1 is 1.23 bits per heavy atom. The molecule has 0 radical (unpaired) electrons. The highest BCUT2D eigenvalue weighted by Crippen LogP contribution is 2.28. The summed E-state index contributed by atoms with van der Waals surface area (Å²) in [5, 5.41) is 11.7. The Bertz CT molecular complexity index is 671. The summed E-state index contributed by atoms with van der Waals surface area (Å²) in [6.07, 6.45) is 0. The first-order chi connectivity index (χ1) is 10.6. The summed E-state index contributed by atoms with van der Waals surface area (Å²) in [6, 6.07) is 10.5. The van der Waals surface area contributed by atoms with Crippen LogP contribution in [0.4, 0.5) is 0 Å². The molecule has 0 bridgehead atoms. The van der Waals surface area contributed by atoms with Crippen molar-refractivity contribution in [1.29, 1.82) is 0 Å². The quantitative estimate of drug-likeness (QED) is 0.757. The average molecular weight is 340 g/mol. The fourth-order valence-electron chi connectivity index (χ4n) is 1.75. The molecule has 0 saturated heterocycles. The van der Waals surface area contributed by atoms with Crippen molar-refractivity contribution in [2.45, 2.75) is 0 Å². The smallest absolute Gasteiger partial charge is 0.313 e. The van der Waals surface area contributed by atoms with Gasteiger partial charge in [0.2, 0.25) is 0 Å². The number of hydrogen-bond donors (Lipinski definition) is 2. The third-order valence-electron chi connectivity index (χ3n) is 2.73. The standard InChI is InChI=1S/C15H14ClNO4S/c16-11-4-2-1-3-10(11)12-5-6-13(21-12)15(20)17-7-8-22-9-14(18)19/h1-6H,7-9H2,(H,17,20)(H,18,19). The molecule has 22 heavy (non-hydrogen) atoms. The Morgan fingerprint density at radius 2 is 2.00 bits per heavy atom. The number of benzene rings is 1. The number of halogens is 1. The van der Waals surface area contributed by atoms with Crippen molar-refractivity contribution >= 4 is 35.2 Å². The Morgan fingerprint density at radius 3 is 2.73 bits per heavy atom. The van der Waals surface area contributed by atoms with Crippen molar-refractivity contribution < 1.29 is 19.1 Å². The number of aliphatic carboxylic acids is 1. The van der Waals surface area contributed by atoms with Gasteiger partial charge >= 0.3 is 5.97 Å². The van der Waals surface area contributed by atoms with Crippen molar-refractivity contribution in [3.05, 3.63) is 47.2 Å². The number of carbonyl (C=O) groups excluding carboxylic acids is 1. The molecule has 0 aliphatic heterocycles. The minimum absolute atomic E-state index is 0.0211. The van der Waals surface area contributed by atoms with Crippen LogP contribution in [-0.2, 0) is 4.79 Å². The number of carboxylic acids is 1. The summed E-state index contributed by atoms with van der Waals surface area (Å²) in [5.74, 6) is 0.0544. The number of hydrogen-bond acceptors (Lipinski definition) is 4. The highest BCUT2D eigenvalue weighted by Gasteiger charge is 2.13. The van der Waals surface area contributed by atoms with E-state index in [4.69, 9.17) is 21.1 Å². The van der Waals surface area contributed by atoms with Gasteiger partial charge in [0, 0.05) is 17.9 Å². The number of carbonyl (C=O) groups is 2. The third-order valence-corrected chi connectivity index (χ3v) is 4.00. The van der Waals surface area contributed by atoms with E-state index in [0.29, 0.717) is 23.1 Å². The summed E-state index contributed by atoms with van der Waals surface area (Å²) in [6.45, 7) is 0.374. The molecule has 1 heterocycles. The molecule has 0 saturated carbocycles. The lowest BCUT2D eigenvalue weighted by molar-refractivity contribution is -0.133. The fourth-order valence-corrected chi connectivity index (χ4v) is 2.54. The normalized spacial score (nSPS) is 10.4. The molecule has 2 aromatic rings. The summed E-state index contributed by atoms with van der Waals surface area (Å²) in [7, 11) is 0. The Hall–Kier alpha value is -1.92. The maximum atomic E-state index is 11.9. The summed E-state index contributed by atoms with van der Waals surface area (Å²) < 4.78 is 5.51. The maximum Gasteiger partial charge on any atom is 0.313 e. The molecule has 5 nitrogen and oxygen atoms in total. The van der Waals surface area contributed by atoms with Gasteiger partial charge < -0.3 is 14.8 Å². The second kappa shape index (κ2) is 7.91. The largest absolute Gasteiger partial charge is 0.481 e. The van der Waals surface area contributed by atoms with Crippen LogP contribution in [0.25, 0.3) is 11.3 Å². The topological polar surface area (TPSA) is 79.5 Å².